The molecule has 0 saturated heterocycles. The number of rotatable bonds is 7. The third-order valence-corrected chi connectivity index (χ3v) is 4.29. The fourth-order valence-corrected chi connectivity index (χ4v) is 2.96. The number of benzene rings is 2. The maximum atomic E-state index is 11.5. The summed E-state index contributed by atoms with van der Waals surface area (Å²) >= 11 is 3.40. The number of nitro benzene ring substituents is 1. The number of nitrogens with one attached hydrogen (secondary N) is 1. The number of anilines is 2. The highest BCUT2D eigenvalue weighted by Crippen LogP contribution is 2.35. The number of fused-ring (bicyclic) bond motifs is 1. The van der Waals surface area contributed by atoms with E-state index in [0.29, 0.717) is 29.6 Å². The average molecular weight is 433 g/mol. The lowest BCUT2D eigenvalue weighted by molar-refractivity contribution is -0.386. The topological polar surface area (TPSA) is 110 Å². The van der Waals surface area contributed by atoms with Gasteiger partial charge in [0.05, 0.1) is 15.8 Å². The van der Waals surface area contributed by atoms with Gasteiger partial charge in [0.25, 0.3) is 0 Å². The van der Waals surface area contributed by atoms with E-state index in [1.165, 1.54) is 18.5 Å². The first-order chi connectivity index (χ1) is 13.0. The Balaban J connectivity index is 2.04. The van der Waals surface area contributed by atoms with E-state index in [4.69, 9.17) is 4.74 Å². The number of hydrogen-bond acceptors (Lipinski definition) is 7. The summed E-state index contributed by atoms with van der Waals surface area (Å²) in [5.74, 6) is 0.405. The molecule has 3 rings (SSSR count). The molecule has 3 aromatic rings. The Morgan fingerprint density at radius 2 is 2.15 bits per heavy atom. The number of aromatic nitrogens is 2. The highest BCUT2D eigenvalue weighted by Gasteiger charge is 2.21. The zero-order valence-corrected chi connectivity index (χ0v) is 16.0. The molecule has 27 heavy (non-hydrogen) atoms. The summed E-state index contributed by atoms with van der Waals surface area (Å²) in [4.78, 5) is 19.3. The summed E-state index contributed by atoms with van der Waals surface area (Å²) in [5, 5.41) is 25.0. The van der Waals surface area contributed by atoms with Crippen molar-refractivity contribution in [2.45, 2.75) is 26.1 Å². The Morgan fingerprint density at radius 1 is 1.33 bits per heavy atom. The molecule has 0 saturated carbocycles. The maximum absolute atomic E-state index is 11.5. The van der Waals surface area contributed by atoms with Gasteiger partial charge >= 0.3 is 5.69 Å². The number of nitro groups is 1. The van der Waals surface area contributed by atoms with Gasteiger partial charge < -0.3 is 15.2 Å². The monoisotopic (exact) mass is 432 g/mol. The van der Waals surface area contributed by atoms with Gasteiger partial charge in [0.15, 0.2) is 6.29 Å². The van der Waals surface area contributed by atoms with Crippen molar-refractivity contribution >= 4 is 44.0 Å². The van der Waals surface area contributed by atoms with Crippen LogP contribution < -0.4 is 10.1 Å². The molecule has 1 unspecified atom stereocenters. The van der Waals surface area contributed by atoms with Gasteiger partial charge in [0, 0.05) is 28.7 Å². The Bertz CT molecular complexity index is 983. The second-order valence-corrected chi connectivity index (χ2v) is 6.73. The number of ether oxygens (including phenoxy) is 1. The molecule has 0 bridgehead atoms. The number of nitrogens with zero attached hydrogens (tertiary/aromatic N) is 3. The van der Waals surface area contributed by atoms with E-state index in [2.05, 4.69) is 31.2 Å². The zero-order chi connectivity index (χ0) is 19.4. The standard InChI is InChI=1S/C18H17BrN4O4/c1-2-4-17(24)27-16-9-14-13(8-15(16)23(25)26)18(21-10-20-14)22-12-6-3-5-11(19)7-12/h3,5-10,17,24H,2,4H2,1H3,(H,20,21,22). The van der Waals surface area contributed by atoms with Crippen LogP contribution in [0.4, 0.5) is 17.2 Å². The molecule has 0 radical (unpaired) electrons. The minimum atomic E-state index is -1.12. The first-order valence-electron chi connectivity index (χ1n) is 8.28. The van der Waals surface area contributed by atoms with Crippen LogP contribution in [0.5, 0.6) is 5.75 Å². The molecule has 2 aromatic carbocycles. The fraction of sp³-hybridized carbons (Fsp3) is 0.222. The summed E-state index contributed by atoms with van der Waals surface area (Å²) in [6.45, 7) is 1.88. The van der Waals surface area contributed by atoms with Crippen LogP contribution in [0.15, 0.2) is 47.2 Å². The van der Waals surface area contributed by atoms with Crippen LogP contribution in [0.25, 0.3) is 10.9 Å². The first-order valence-corrected chi connectivity index (χ1v) is 9.07. The SMILES string of the molecule is CCCC(O)Oc1cc2ncnc(Nc3cccc(Br)c3)c2cc1[N+](=O)[O-]. The zero-order valence-electron chi connectivity index (χ0n) is 14.4. The predicted octanol–water partition coefficient (Wildman–Crippen LogP) is 4.54. The molecule has 8 nitrogen and oxygen atoms in total. The summed E-state index contributed by atoms with van der Waals surface area (Å²) in [6, 6.07) is 10.3. The molecule has 1 atom stereocenters. The predicted molar refractivity (Wildman–Crippen MR) is 105 cm³/mol. The molecule has 0 fully saturated rings. The third-order valence-electron chi connectivity index (χ3n) is 3.80. The van der Waals surface area contributed by atoms with E-state index >= 15 is 0 Å². The second kappa shape index (κ2) is 8.28. The van der Waals surface area contributed by atoms with Crippen molar-refractivity contribution in [2.24, 2.45) is 0 Å². The van der Waals surface area contributed by atoms with E-state index in [1.807, 2.05) is 31.2 Å². The lowest BCUT2D eigenvalue weighted by Crippen LogP contribution is -2.15. The van der Waals surface area contributed by atoms with Crippen molar-refractivity contribution in [1.29, 1.82) is 0 Å². The Morgan fingerprint density at radius 3 is 2.85 bits per heavy atom. The van der Waals surface area contributed by atoms with Crippen molar-refractivity contribution in [2.75, 3.05) is 5.32 Å². The van der Waals surface area contributed by atoms with Gasteiger partial charge in [0.1, 0.15) is 12.1 Å². The van der Waals surface area contributed by atoms with E-state index in [0.717, 1.165) is 10.2 Å². The third kappa shape index (κ3) is 4.50. The van der Waals surface area contributed by atoms with Crippen molar-refractivity contribution in [3.63, 3.8) is 0 Å². The molecule has 0 aliphatic heterocycles. The largest absolute Gasteiger partial charge is 0.458 e. The highest BCUT2D eigenvalue weighted by molar-refractivity contribution is 9.10. The van der Waals surface area contributed by atoms with Crippen LogP contribution >= 0.6 is 15.9 Å². The molecule has 0 aliphatic carbocycles. The number of hydrogen-bond donors (Lipinski definition) is 2. The van der Waals surface area contributed by atoms with E-state index in [-0.39, 0.29) is 11.4 Å². The summed E-state index contributed by atoms with van der Waals surface area (Å²) in [6.07, 6.45) is 1.30. The van der Waals surface area contributed by atoms with Crippen LogP contribution in [0.3, 0.4) is 0 Å². The van der Waals surface area contributed by atoms with Crippen molar-refractivity contribution in [1.82, 2.24) is 9.97 Å². The van der Waals surface area contributed by atoms with Crippen molar-refractivity contribution in [3.8, 4) is 5.75 Å². The Labute approximate surface area is 163 Å². The molecule has 0 spiro atoms. The molecule has 2 N–H and O–H groups in total. The van der Waals surface area contributed by atoms with Crippen molar-refractivity contribution < 1.29 is 14.8 Å². The van der Waals surface area contributed by atoms with Crippen LogP contribution in [-0.2, 0) is 0 Å². The van der Waals surface area contributed by atoms with Gasteiger partial charge in [-0.25, -0.2) is 9.97 Å². The van der Waals surface area contributed by atoms with Crippen molar-refractivity contribution in [3.05, 3.63) is 57.3 Å². The highest BCUT2D eigenvalue weighted by atomic mass is 79.9. The van der Waals surface area contributed by atoms with E-state index in [9.17, 15) is 15.2 Å². The van der Waals surface area contributed by atoms with Crippen LogP contribution in [0, 0.1) is 10.1 Å². The normalized spacial score (nSPS) is 12.0. The summed E-state index contributed by atoms with van der Waals surface area (Å²) < 4.78 is 6.24. The fourth-order valence-electron chi connectivity index (χ4n) is 2.56. The second-order valence-electron chi connectivity index (χ2n) is 5.81. The summed E-state index contributed by atoms with van der Waals surface area (Å²) in [5.41, 5.74) is 0.974. The van der Waals surface area contributed by atoms with Gasteiger partial charge in [-0.15, -0.1) is 0 Å². The lowest BCUT2D eigenvalue weighted by Gasteiger charge is -2.14. The maximum Gasteiger partial charge on any atom is 0.311 e. The molecule has 9 heteroatoms. The average Bonchev–Trinajstić information content (AvgIpc) is 2.61. The van der Waals surface area contributed by atoms with Gasteiger partial charge in [-0.05, 0) is 18.2 Å². The van der Waals surface area contributed by atoms with Crippen LogP contribution in [0.2, 0.25) is 0 Å². The van der Waals surface area contributed by atoms with Gasteiger partial charge in [-0.1, -0.05) is 35.3 Å². The van der Waals surface area contributed by atoms with Gasteiger partial charge in [-0.3, -0.25) is 10.1 Å². The van der Waals surface area contributed by atoms with Crippen LogP contribution in [-0.4, -0.2) is 26.3 Å². The molecular weight excluding hydrogens is 416 g/mol. The minimum Gasteiger partial charge on any atom is -0.458 e. The molecule has 140 valence electrons. The smallest absolute Gasteiger partial charge is 0.311 e. The molecule has 1 aromatic heterocycles. The van der Waals surface area contributed by atoms with Gasteiger partial charge in [-0.2, -0.15) is 0 Å². The number of aliphatic hydroxyl groups is 1. The number of aliphatic hydroxyl groups excluding tert-OH is 1. The lowest BCUT2D eigenvalue weighted by atomic mass is 10.2. The van der Waals surface area contributed by atoms with Crippen LogP contribution in [0.1, 0.15) is 19.8 Å². The van der Waals surface area contributed by atoms with E-state index in [1.54, 1.807) is 0 Å². The Hall–Kier alpha value is -2.78. The summed E-state index contributed by atoms with van der Waals surface area (Å²) in [7, 11) is 0. The Kier molecular flexibility index (Phi) is 5.82. The molecular formula is C18H17BrN4O4. The molecule has 0 amide bonds. The van der Waals surface area contributed by atoms with Gasteiger partial charge in [0.2, 0.25) is 5.75 Å². The molecule has 0 aliphatic rings. The molecule has 1 heterocycles. The number of halogens is 1. The van der Waals surface area contributed by atoms with E-state index < -0.39 is 11.2 Å². The first kappa shape index (κ1) is 19.0. The quantitative estimate of drug-likeness (QED) is 0.320. The minimum absolute atomic E-state index is 0.0273.